The van der Waals surface area contributed by atoms with E-state index in [1.54, 1.807) is 0 Å². The minimum atomic E-state index is 0.470. The molecular formula is C14H22N4. The van der Waals surface area contributed by atoms with Crippen molar-refractivity contribution in [1.29, 1.82) is 0 Å². The molecule has 0 radical (unpaired) electrons. The van der Waals surface area contributed by atoms with Crippen LogP contribution in [-0.2, 0) is 6.54 Å². The maximum absolute atomic E-state index is 5.55. The molecule has 0 spiro atoms. The van der Waals surface area contributed by atoms with E-state index in [1.165, 1.54) is 38.6 Å². The Kier molecular flexibility index (Phi) is 3.46. The fourth-order valence-corrected chi connectivity index (χ4v) is 3.44. The number of nitrogens with two attached hydrogens (primary N) is 1. The van der Waals surface area contributed by atoms with E-state index in [1.807, 2.05) is 6.07 Å². The Morgan fingerprint density at radius 3 is 2.67 bits per heavy atom. The van der Waals surface area contributed by atoms with Crippen LogP contribution in [0.4, 0.5) is 5.82 Å². The first-order valence-electron chi connectivity index (χ1n) is 7.14. The Bertz CT molecular complexity index is 389. The number of piperidine rings is 1. The number of hydrogen-bond donors (Lipinski definition) is 1. The Morgan fingerprint density at radius 1 is 1.11 bits per heavy atom. The van der Waals surface area contributed by atoms with Crippen LogP contribution in [0.2, 0.25) is 0 Å². The molecule has 1 aliphatic heterocycles. The summed E-state index contributed by atoms with van der Waals surface area (Å²) in [5, 5.41) is 8.47. The monoisotopic (exact) mass is 246 g/mol. The summed E-state index contributed by atoms with van der Waals surface area (Å²) in [7, 11) is 0. The van der Waals surface area contributed by atoms with E-state index in [9.17, 15) is 0 Å². The van der Waals surface area contributed by atoms with Gasteiger partial charge in [-0.15, -0.1) is 5.10 Å². The Labute approximate surface area is 109 Å². The van der Waals surface area contributed by atoms with Gasteiger partial charge in [-0.1, -0.05) is 19.3 Å². The van der Waals surface area contributed by atoms with Crippen molar-refractivity contribution < 1.29 is 0 Å². The van der Waals surface area contributed by atoms with Gasteiger partial charge in [0.1, 0.15) is 0 Å². The minimum Gasteiger partial charge on any atom is -0.355 e. The van der Waals surface area contributed by atoms with Gasteiger partial charge in [0, 0.05) is 19.6 Å². The highest BCUT2D eigenvalue weighted by molar-refractivity contribution is 5.38. The van der Waals surface area contributed by atoms with Crippen molar-refractivity contribution in [1.82, 2.24) is 10.2 Å². The van der Waals surface area contributed by atoms with Gasteiger partial charge in [-0.25, -0.2) is 0 Å². The lowest BCUT2D eigenvalue weighted by Crippen LogP contribution is -2.42. The molecule has 4 heteroatoms. The largest absolute Gasteiger partial charge is 0.355 e. The number of anilines is 1. The summed E-state index contributed by atoms with van der Waals surface area (Å²) in [6.07, 6.45) is 7.01. The molecule has 2 unspecified atom stereocenters. The van der Waals surface area contributed by atoms with Gasteiger partial charge >= 0.3 is 0 Å². The van der Waals surface area contributed by atoms with Crippen LogP contribution in [0.3, 0.4) is 0 Å². The first-order valence-corrected chi connectivity index (χ1v) is 7.14. The van der Waals surface area contributed by atoms with Crippen LogP contribution in [-0.4, -0.2) is 23.3 Å². The topological polar surface area (TPSA) is 55.0 Å². The molecule has 98 valence electrons. The fourth-order valence-electron chi connectivity index (χ4n) is 3.44. The van der Waals surface area contributed by atoms with Crippen LogP contribution < -0.4 is 10.6 Å². The van der Waals surface area contributed by atoms with Crippen molar-refractivity contribution in [3.63, 3.8) is 0 Å². The predicted molar refractivity (Wildman–Crippen MR) is 72.2 cm³/mol. The lowest BCUT2D eigenvalue weighted by molar-refractivity contribution is 0.202. The molecule has 2 fully saturated rings. The average Bonchev–Trinajstić information content (AvgIpc) is 2.47. The lowest BCUT2D eigenvalue weighted by Gasteiger charge is -2.41. The standard InChI is InChI=1S/C14H22N4/c15-9-13-5-6-14(17-16-13)18-8-7-11-3-1-2-4-12(11)10-18/h5-6,11-12H,1-4,7-10,15H2. The summed E-state index contributed by atoms with van der Waals surface area (Å²) in [6, 6.07) is 4.06. The zero-order valence-electron chi connectivity index (χ0n) is 10.9. The number of nitrogens with zero attached hydrogens (tertiary/aromatic N) is 3. The third-order valence-electron chi connectivity index (χ3n) is 4.53. The molecule has 2 aliphatic rings. The maximum atomic E-state index is 5.55. The first kappa shape index (κ1) is 11.9. The van der Waals surface area contributed by atoms with E-state index < -0.39 is 0 Å². The maximum Gasteiger partial charge on any atom is 0.151 e. The zero-order chi connectivity index (χ0) is 12.4. The van der Waals surface area contributed by atoms with Crippen LogP contribution in [0.15, 0.2) is 12.1 Å². The van der Waals surface area contributed by atoms with Gasteiger partial charge in [0.2, 0.25) is 0 Å². The number of aromatic nitrogens is 2. The van der Waals surface area contributed by atoms with Crippen LogP contribution in [0.1, 0.15) is 37.8 Å². The highest BCUT2D eigenvalue weighted by atomic mass is 15.3. The van der Waals surface area contributed by atoms with Gasteiger partial charge in [-0.2, -0.15) is 5.10 Å². The lowest BCUT2D eigenvalue weighted by atomic mass is 9.75. The van der Waals surface area contributed by atoms with Crippen LogP contribution in [0.5, 0.6) is 0 Å². The second kappa shape index (κ2) is 5.22. The van der Waals surface area contributed by atoms with E-state index in [4.69, 9.17) is 5.73 Å². The van der Waals surface area contributed by atoms with Gasteiger partial charge in [0.05, 0.1) is 5.69 Å². The van der Waals surface area contributed by atoms with Crippen LogP contribution in [0, 0.1) is 11.8 Å². The van der Waals surface area contributed by atoms with E-state index >= 15 is 0 Å². The number of hydrogen-bond acceptors (Lipinski definition) is 4. The van der Waals surface area contributed by atoms with Crippen molar-refractivity contribution in [2.45, 2.75) is 38.6 Å². The van der Waals surface area contributed by atoms with Crippen molar-refractivity contribution in [2.75, 3.05) is 18.0 Å². The Hall–Kier alpha value is -1.16. The molecule has 1 aromatic heterocycles. The van der Waals surface area contributed by atoms with Crippen molar-refractivity contribution in [3.05, 3.63) is 17.8 Å². The molecule has 1 aromatic rings. The summed E-state index contributed by atoms with van der Waals surface area (Å²) in [4.78, 5) is 2.40. The Balaban J connectivity index is 1.69. The third-order valence-corrected chi connectivity index (χ3v) is 4.53. The third kappa shape index (κ3) is 2.34. The van der Waals surface area contributed by atoms with Gasteiger partial charge in [-0.05, 0) is 36.8 Å². The smallest absolute Gasteiger partial charge is 0.151 e. The van der Waals surface area contributed by atoms with Crippen molar-refractivity contribution in [2.24, 2.45) is 17.6 Å². The molecule has 2 atom stereocenters. The van der Waals surface area contributed by atoms with Gasteiger partial charge < -0.3 is 10.6 Å². The fraction of sp³-hybridized carbons (Fsp3) is 0.714. The molecule has 1 aliphatic carbocycles. The predicted octanol–water partition coefficient (Wildman–Crippen LogP) is 1.95. The molecule has 4 nitrogen and oxygen atoms in total. The zero-order valence-corrected chi connectivity index (χ0v) is 10.9. The Morgan fingerprint density at radius 2 is 1.94 bits per heavy atom. The highest BCUT2D eigenvalue weighted by Crippen LogP contribution is 2.36. The first-order chi connectivity index (χ1) is 8.86. The summed E-state index contributed by atoms with van der Waals surface area (Å²) >= 11 is 0. The van der Waals surface area contributed by atoms with Crippen LogP contribution in [0.25, 0.3) is 0 Å². The number of rotatable bonds is 2. The van der Waals surface area contributed by atoms with E-state index in [2.05, 4.69) is 21.2 Å². The molecular weight excluding hydrogens is 224 g/mol. The molecule has 1 saturated heterocycles. The second-order valence-electron chi connectivity index (χ2n) is 5.63. The minimum absolute atomic E-state index is 0.470. The quantitative estimate of drug-likeness (QED) is 0.866. The van der Waals surface area contributed by atoms with E-state index in [0.29, 0.717) is 6.54 Å². The molecule has 3 rings (SSSR count). The summed E-state index contributed by atoms with van der Waals surface area (Å²) in [5.41, 5.74) is 6.42. The molecule has 2 heterocycles. The SMILES string of the molecule is NCc1ccc(N2CCC3CCCCC3C2)nn1. The van der Waals surface area contributed by atoms with Gasteiger partial charge in [0.15, 0.2) is 5.82 Å². The van der Waals surface area contributed by atoms with E-state index in [0.717, 1.165) is 29.9 Å². The van der Waals surface area contributed by atoms with Crippen molar-refractivity contribution in [3.8, 4) is 0 Å². The van der Waals surface area contributed by atoms with Gasteiger partial charge in [-0.3, -0.25) is 0 Å². The van der Waals surface area contributed by atoms with Gasteiger partial charge in [0.25, 0.3) is 0 Å². The molecule has 1 saturated carbocycles. The molecule has 2 N–H and O–H groups in total. The second-order valence-corrected chi connectivity index (χ2v) is 5.63. The summed E-state index contributed by atoms with van der Waals surface area (Å²) in [5.74, 6) is 2.87. The molecule has 18 heavy (non-hydrogen) atoms. The molecule has 0 bridgehead atoms. The van der Waals surface area contributed by atoms with Crippen molar-refractivity contribution >= 4 is 5.82 Å². The normalized spacial score (nSPS) is 27.9. The average molecular weight is 246 g/mol. The summed E-state index contributed by atoms with van der Waals surface area (Å²) < 4.78 is 0. The highest BCUT2D eigenvalue weighted by Gasteiger charge is 2.31. The molecule has 0 amide bonds. The molecule has 0 aromatic carbocycles. The van der Waals surface area contributed by atoms with E-state index in [-0.39, 0.29) is 0 Å². The van der Waals surface area contributed by atoms with Crippen LogP contribution >= 0.6 is 0 Å². The summed E-state index contributed by atoms with van der Waals surface area (Å²) in [6.45, 7) is 2.77. The number of fused-ring (bicyclic) bond motifs is 1.